The average molecular weight is 529 g/mol. The molecule has 1 aliphatic rings. The molecular formula is C26H32N4O6S. The van der Waals surface area contributed by atoms with Crippen molar-refractivity contribution in [1.82, 2.24) is 15.5 Å². The maximum absolute atomic E-state index is 13.3. The van der Waals surface area contributed by atoms with Gasteiger partial charge in [0, 0.05) is 18.7 Å². The molecule has 4 atom stereocenters. The number of nitrogens with two attached hydrogens (primary N) is 1. The molecule has 1 saturated heterocycles. The lowest BCUT2D eigenvalue weighted by atomic mass is 10.0. The van der Waals surface area contributed by atoms with Gasteiger partial charge in [0.2, 0.25) is 17.7 Å². The summed E-state index contributed by atoms with van der Waals surface area (Å²) in [5.41, 5.74) is 7.53. The van der Waals surface area contributed by atoms with Crippen molar-refractivity contribution in [1.29, 1.82) is 0 Å². The number of hydrogen-bond donors (Lipinski definition) is 6. The van der Waals surface area contributed by atoms with Crippen molar-refractivity contribution in [3.05, 3.63) is 65.7 Å². The number of thiol groups is 1. The summed E-state index contributed by atoms with van der Waals surface area (Å²) >= 11 is 4.21. The van der Waals surface area contributed by atoms with Crippen LogP contribution in [0.4, 0.5) is 0 Å². The van der Waals surface area contributed by atoms with E-state index in [0.717, 1.165) is 11.1 Å². The second kappa shape index (κ2) is 13.1. The maximum atomic E-state index is 13.3. The smallest absolute Gasteiger partial charge is 0.326 e. The lowest BCUT2D eigenvalue weighted by molar-refractivity contribution is -0.144. The van der Waals surface area contributed by atoms with Gasteiger partial charge in [-0.1, -0.05) is 42.5 Å². The SMILES string of the molecule is NC(Cc1ccc(O)cc1)C(=O)NC(CS)C(=O)N1CCCC1C(=O)NC(Cc1ccccc1)C(=O)O. The molecule has 2 aromatic carbocycles. The van der Waals surface area contributed by atoms with Crippen molar-refractivity contribution in [2.24, 2.45) is 5.73 Å². The van der Waals surface area contributed by atoms with E-state index in [0.29, 0.717) is 19.4 Å². The number of carboxylic acids is 1. The minimum atomic E-state index is -1.17. The summed E-state index contributed by atoms with van der Waals surface area (Å²) in [6, 6.07) is 11.3. The Balaban J connectivity index is 1.61. The Bertz CT molecular complexity index is 1100. The summed E-state index contributed by atoms with van der Waals surface area (Å²) in [6.07, 6.45) is 1.25. The lowest BCUT2D eigenvalue weighted by Gasteiger charge is -2.29. The second-order valence-electron chi connectivity index (χ2n) is 9.00. The highest BCUT2D eigenvalue weighted by molar-refractivity contribution is 7.80. The predicted molar refractivity (Wildman–Crippen MR) is 140 cm³/mol. The topological polar surface area (TPSA) is 162 Å². The molecule has 0 radical (unpaired) electrons. The first-order valence-corrected chi connectivity index (χ1v) is 12.6. The molecule has 198 valence electrons. The number of nitrogens with zero attached hydrogens (tertiary/aromatic N) is 1. The molecule has 3 amide bonds. The van der Waals surface area contributed by atoms with Crippen LogP contribution in [0.5, 0.6) is 5.75 Å². The molecule has 3 rings (SSSR count). The van der Waals surface area contributed by atoms with Gasteiger partial charge in [0.05, 0.1) is 6.04 Å². The number of aromatic hydroxyl groups is 1. The van der Waals surface area contributed by atoms with E-state index < -0.39 is 47.9 Å². The molecule has 0 aromatic heterocycles. The Morgan fingerprint density at radius 1 is 0.973 bits per heavy atom. The fraction of sp³-hybridized carbons (Fsp3) is 0.385. The molecule has 1 fully saturated rings. The van der Waals surface area contributed by atoms with Crippen LogP contribution in [0.15, 0.2) is 54.6 Å². The Labute approximate surface area is 220 Å². The minimum absolute atomic E-state index is 0.00685. The Morgan fingerprint density at radius 3 is 2.24 bits per heavy atom. The minimum Gasteiger partial charge on any atom is -0.508 e. The third kappa shape index (κ3) is 7.70. The molecular weight excluding hydrogens is 496 g/mol. The number of amides is 3. The highest BCUT2D eigenvalue weighted by Gasteiger charge is 2.38. The van der Waals surface area contributed by atoms with Crippen molar-refractivity contribution >= 4 is 36.3 Å². The summed E-state index contributed by atoms with van der Waals surface area (Å²) in [4.78, 5) is 52.1. The van der Waals surface area contributed by atoms with Gasteiger partial charge in [-0.05, 0) is 42.5 Å². The van der Waals surface area contributed by atoms with Crippen LogP contribution < -0.4 is 16.4 Å². The van der Waals surface area contributed by atoms with Crippen LogP contribution in [0.3, 0.4) is 0 Å². The average Bonchev–Trinajstić information content (AvgIpc) is 3.38. The first-order chi connectivity index (χ1) is 17.7. The third-order valence-corrected chi connectivity index (χ3v) is 6.63. The number of phenols is 1. The molecule has 0 saturated carbocycles. The Kier molecular flexibility index (Phi) is 9.93. The number of benzene rings is 2. The molecule has 6 N–H and O–H groups in total. The van der Waals surface area contributed by atoms with Gasteiger partial charge >= 0.3 is 5.97 Å². The van der Waals surface area contributed by atoms with Crippen LogP contribution in [-0.4, -0.2) is 75.3 Å². The fourth-order valence-corrected chi connectivity index (χ4v) is 4.51. The highest BCUT2D eigenvalue weighted by atomic mass is 32.1. The van der Waals surface area contributed by atoms with Crippen LogP contribution in [0.2, 0.25) is 0 Å². The number of aliphatic carboxylic acids is 1. The molecule has 0 bridgehead atoms. The monoisotopic (exact) mass is 528 g/mol. The molecule has 1 aliphatic heterocycles. The number of nitrogens with one attached hydrogen (secondary N) is 2. The fourth-order valence-electron chi connectivity index (χ4n) is 4.26. The highest BCUT2D eigenvalue weighted by Crippen LogP contribution is 2.20. The first kappa shape index (κ1) is 28.0. The lowest BCUT2D eigenvalue weighted by Crippen LogP contribution is -2.57. The van der Waals surface area contributed by atoms with Gasteiger partial charge < -0.3 is 31.5 Å². The second-order valence-corrected chi connectivity index (χ2v) is 9.36. The van der Waals surface area contributed by atoms with E-state index in [-0.39, 0.29) is 24.3 Å². The number of carbonyl (C=O) groups excluding carboxylic acids is 3. The molecule has 1 heterocycles. The number of hydrogen-bond acceptors (Lipinski definition) is 7. The number of carboxylic acid groups (broad SMARTS) is 1. The summed E-state index contributed by atoms with van der Waals surface area (Å²) in [6.45, 7) is 0.299. The van der Waals surface area contributed by atoms with Crippen molar-refractivity contribution in [3.63, 3.8) is 0 Å². The number of phenolic OH excluding ortho intramolecular Hbond substituents is 1. The van der Waals surface area contributed by atoms with E-state index in [1.165, 1.54) is 17.0 Å². The zero-order valence-corrected chi connectivity index (χ0v) is 21.1. The number of rotatable bonds is 11. The van der Waals surface area contributed by atoms with Gasteiger partial charge in [-0.3, -0.25) is 14.4 Å². The first-order valence-electron chi connectivity index (χ1n) is 12.0. The zero-order valence-electron chi connectivity index (χ0n) is 20.2. The molecule has 0 aliphatic carbocycles. The van der Waals surface area contributed by atoms with Gasteiger partial charge in [-0.2, -0.15) is 12.6 Å². The van der Waals surface area contributed by atoms with Crippen LogP contribution in [0.25, 0.3) is 0 Å². The molecule has 4 unspecified atom stereocenters. The largest absolute Gasteiger partial charge is 0.508 e. The van der Waals surface area contributed by atoms with Crippen LogP contribution in [0, 0.1) is 0 Å². The van der Waals surface area contributed by atoms with Crippen LogP contribution >= 0.6 is 12.6 Å². The normalized spacial score (nSPS) is 17.5. The van der Waals surface area contributed by atoms with Gasteiger partial charge in [0.25, 0.3) is 0 Å². The Morgan fingerprint density at radius 2 is 1.62 bits per heavy atom. The molecule has 11 heteroatoms. The summed E-state index contributed by atoms with van der Waals surface area (Å²) < 4.78 is 0. The maximum Gasteiger partial charge on any atom is 0.326 e. The standard InChI is InChI=1S/C26H32N4O6S/c27-19(13-17-8-10-18(31)11-9-17)23(32)29-21(15-37)25(34)30-12-4-7-22(30)24(33)28-20(26(35)36)14-16-5-2-1-3-6-16/h1-3,5-6,8-11,19-22,31,37H,4,7,12-15,27H2,(H,28,33)(H,29,32)(H,35,36). The van der Waals surface area contributed by atoms with E-state index in [1.54, 1.807) is 36.4 Å². The van der Waals surface area contributed by atoms with Gasteiger partial charge in [0.15, 0.2) is 0 Å². The summed E-state index contributed by atoms with van der Waals surface area (Å²) in [5, 5.41) is 24.2. The molecule has 2 aromatic rings. The van der Waals surface area contributed by atoms with Gasteiger partial charge in [0.1, 0.15) is 23.9 Å². The van der Waals surface area contributed by atoms with Gasteiger partial charge in [-0.15, -0.1) is 0 Å². The van der Waals surface area contributed by atoms with Crippen molar-refractivity contribution < 1.29 is 29.4 Å². The Hall–Kier alpha value is -3.57. The van der Waals surface area contributed by atoms with Crippen molar-refractivity contribution in [2.75, 3.05) is 12.3 Å². The van der Waals surface area contributed by atoms with Crippen molar-refractivity contribution in [3.8, 4) is 5.75 Å². The summed E-state index contributed by atoms with van der Waals surface area (Å²) in [7, 11) is 0. The van der Waals surface area contributed by atoms with Crippen LogP contribution in [0.1, 0.15) is 24.0 Å². The van der Waals surface area contributed by atoms with E-state index >= 15 is 0 Å². The summed E-state index contributed by atoms with van der Waals surface area (Å²) in [5.74, 6) is -2.66. The zero-order chi connectivity index (χ0) is 26.9. The molecule has 37 heavy (non-hydrogen) atoms. The molecule has 10 nitrogen and oxygen atoms in total. The number of likely N-dealkylation sites (tertiary alicyclic amines) is 1. The van der Waals surface area contributed by atoms with E-state index in [9.17, 15) is 29.4 Å². The molecule has 0 spiro atoms. The predicted octanol–water partition coefficient (Wildman–Crippen LogP) is 0.480. The quantitative estimate of drug-likeness (QED) is 0.231. The van der Waals surface area contributed by atoms with Crippen LogP contribution in [-0.2, 0) is 32.0 Å². The van der Waals surface area contributed by atoms with E-state index in [4.69, 9.17) is 5.73 Å². The van der Waals surface area contributed by atoms with Gasteiger partial charge in [-0.25, -0.2) is 4.79 Å². The van der Waals surface area contributed by atoms with Crippen molar-refractivity contribution in [2.45, 2.75) is 49.9 Å². The third-order valence-electron chi connectivity index (χ3n) is 6.26. The van der Waals surface area contributed by atoms with E-state index in [2.05, 4.69) is 23.3 Å². The van der Waals surface area contributed by atoms with E-state index in [1.807, 2.05) is 6.07 Å². The number of carbonyl (C=O) groups is 4.